The zero-order valence-corrected chi connectivity index (χ0v) is 8.59. The maximum Gasteiger partial charge on any atom is 0.248 e. The summed E-state index contributed by atoms with van der Waals surface area (Å²) in [5, 5.41) is 4.97. The first-order chi connectivity index (χ1) is 6.83. The highest BCUT2D eigenvalue weighted by atomic mass is 16.2. The molecule has 0 aromatic carbocycles. The van der Waals surface area contributed by atoms with E-state index in [1.165, 1.54) is 19.3 Å². The summed E-state index contributed by atoms with van der Waals surface area (Å²) in [6.45, 7) is 6.56. The summed E-state index contributed by atoms with van der Waals surface area (Å²) in [7, 11) is 0. The van der Waals surface area contributed by atoms with E-state index in [-0.39, 0.29) is 5.91 Å². The first kappa shape index (κ1) is 11.2. The van der Waals surface area contributed by atoms with Crippen LogP contribution in [-0.2, 0) is 4.79 Å². The highest BCUT2D eigenvalue weighted by Gasteiger charge is 2.11. The largest absolute Gasteiger partial charge is 0.305 e. The smallest absolute Gasteiger partial charge is 0.248 e. The molecule has 0 unspecified atom stereocenters. The van der Waals surface area contributed by atoms with Crippen LogP contribution in [0.4, 0.5) is 0 Å². The van der Waals surface area contributed by atoms with Crippen LogP contribution in [0.2, 0.25) is 0 Å². The fourth-order valence-electron chi connectivity index (χ4n) is 1.51. The van der Waals surface area contributed by atoms with Gasteiger partial charge in [-0.1, -0.05) is 12.5 Å². The third kappa shape index (κ3) is 4.39. The van der Waals surface area contributed by atoms with Gasteiger partial charge in [-0.25, -0.2) is 5.01 Å². The maximum absolute atomic E-state index is 11.3. The van der Waals surface area contributed by atoms with Gasteiger partial charge in [0.1, 0.15) is 0 Å². The van der Waals surface area contributed by atoms with Crippen LogP contribution in [0.1, 0.15) is 19.3 Å². The highest BCUT2D eigenvalue weighted by molar-refractivity contribution is 5.77. The van der Waals surface area contributed by atoms with E-state index in [0.717, 1.165) is 13.1 Å². The van der Waals surface area contributed by atoms with Crippen molar-refractivity contribution in [3.8, 4) is 0 Å². The molecular weight excluding hydrogens is 178 g/mol. The van der Waals surface area contributed by atoms with Crippen molar-refractivity contribution in [2.45, 2.75) is 19.3 Å². The molecule has 4 nitrogen and oxygen atoms in total. The lowest BCUT2D eigenvalue weighted by Gasteiger charge is -2.26. The number of nitrogens with one attached hydrogen (secondary N) is 2. The van der Waals surface area contributed by atoms with Crippen molar-refractivity contribution in [1.29, 1.82) is 0 Å². The van der Waals surface area contributed by atoms with Crippen LogP contribution in [0.15, 0.2) is 12.7 Å². The molecule has 1 aliphatic rings. The van der Waals surface area contributed by atoms with Gasteiger partial charge in [0.15, 0.2) is 0 Å². The second-order valence-electron chi connectivity index (χ2n) is 3.50. The van der Waals surface area contributed by atoms with E-state index in [1.54, 1.807) is 6.08 Å². The summed E-state index contributed by atoms with van der Waals surface area (Å²) in [6, 6.07) is 0. The molecule has 0 saturated carbocycles. The van der Waals surface area contributed by atoms with Crippen molar-refractivity contribution >= 4 is 5.91 Å². The average molecular weight is 197 g/mol. The molecule has 0 aromatic heterocycles. The SMILES string of the molecule is C=CCNCC(=O)NN1CCCCC1. The summed E-state index contributed by atoms with van der Waals surface area (Å²) < 4.78 is 0. The highest BCUT2D eigenvalue weighted by Crippen LogP contribution is 2.05. The molecule has 1 rings (SSSR count). The minimum atomic E-state index is 0.0359. The number of nitrogens with zero attached hydrogens (tertiary/aromatic N) is 1. The van der Waals surface area contributed by atoms with Gasteiger partial charge in [-0.2, -0.15) is 0 Å². The molecule has 1 heterocycles. The second-order valence-corrected chi connectivity index (χ2v) is 3.50. The van der Waals surface area contributed by atoms with E-state index in [0.29, 0.717) is 13.1 Å². The van der Waals surface area contributed by atoms with E-state index in [4.69, 9.17) is 0 Å². The van der Waals surface area contributed by atoms with E-state index >= 15 is 0 Å². The predicted octanol–water partition coefficient (Wildman–Crippen LogP) is 0.279. The Morgan fingerprint density at radius 2 is 2.07 bits per heavy atom. The number of carbonyl (C=O) groups excluding carboxylic acids is 1. The molecule has 1 aliphatic heterocycles. The maximum atomic E-state index is 11.3. The van der Waals surface area contributed by atoms with Gasteiger partial charge in [-0.3, -0.25) is 10.2 Å². The van der Waals surface area contributed by atoms with Gasteiger partial charge >= 0.3 is 0 Å². The van der Waals surface area contributed by atoms with Crippen LogP contribution in [0.25, 0.3) is 0 Å². The Morgan fingerprint density at radius 3 is 2.71 bits per heavy atom. The lowest BCUT2D eigenvalue weighted by Crippen LogP contribution is -2.47. The number of hydrogen-bond acceptors (Lipinski definition) is 3. The fraction of sp³-hybridized carbons (Fsp3) is 0.700. The zero-order valence-electron chi connectivity index (χ0n) is 8.59. The topological polar surface area (TPSA) is 44.4 Å². The van der Waals surface area contributed by atoms with Crippen molar-refractivity contribution in [2.75, 3.05) is 26.2 Å². The molecule has 0 aromatic rings. The van der Waals surface area contributed by atoms with Gasteiger partial charge < -0.3 is 5.32 Å². The van der Waals surface area contributed by atoms with Crippen LogP contribution < -0.4 is 10.7 Å². The van der Waals surface area contributed by atoms with Crippen molar-refractivity contribution in [1.82, 2.24) is 15.8 Å². The third-order valence-corrected chi connectivity index (χ3v) is 2.21. The standard InChI is InChI=1S/C10H19N3O/c1-2-6-11-9-10(14)12-13-7-4-3-5-8-13/h2,11H,1,3-9H2,(H,12,14). The lowest BCUT2D eigenvalue weighted by molar-refractivity contribution is -0.125. The van der Waals surface area contributed by atoms with Crippen LogP contribution in [0.5, 0.6) is 0 Å². The van der Waals surface area contributed by atoms with Crippen molar-refractivity contribution in [3.05, 3.63) is 12.7 Å². The minimum absolute atomic E-state index is 0.0359. The van der Waals surface area contributed by atoms with Crippen molar-refractivity contribution in [2.24, 2.45) is 0 Å². The zero-order chi connectivity index (χ0) is 10.2. The number of hydrogen-bond donors (Lipinski definition) is 2. The Morgan fingerprint density at radius 1 is 1.36 bits per heavy atom. The molecule has 0 bridgehead atoms. The van der Waals surface area contributed by atoms with E-state index in [9.17, 15) is 4.79 Å². The Balaban J connectivity index is 2.09. The first-order valence-corrected chi connectivity index (χ1v) is 5.19. The summed E-state index contributed by atoms with van der Waals surface area (Å²) >= 11 is 0. The Kier molecular flexibility index (Phi) is 5.25. The van der Waals surface area contributed by atoms with Crippen LogP contribution in [-0.4, -0.2) is 37.1 Å². The molecule has 14 heavy (non-hydrogen) atoms. The Hall–Kier alpha value is -0.870. The molecule has 80 valence electrons. The van der Waals surface area contributed by atoms with Gasteiger partial charge in [0.05, 0.1) is 6.54 Å². The van der Waals surface area contributed by atoms with Crippen molar-refractivity contribution < 1.29 is 4.79 Å². The number of carbonyl (C=O) groups is 1. The summed E-state index contributed by atoms with van der Waals surface area (Å²) in [4.78, 5) is 11.3. The molecule has 1 amide bonds. The molecule has 0 radical (unpaired) electrons. The first-order valence-electron chi connectivity index (χ1n) is 5.19. The predicted molar refractivity (Wildman–Crippen MR) is 56.6 cm³/mol. The van der Waals surface area contributed by atoms with Gasteiger partial charge in [-0.05, 0) is 12.8 Å². The minimum Gasteiger partial charge on any atom is -0.305 e. The van der Waals surface area contributed by atoms with Gasteiger partial charge in [0, 0.05) is 19.6 Å². The van der Waals surface area contributed by atoms with Crippen molar-refractivity contribution in [3.63, 3.8) is 0 Å². The number of hydrazine groups is 1. The average Bonchev–Trinajstić information content (AvgIpc) is 2.20. The molecular formula is C10H19N3O. The molecule has 0 spiro atoms. The molecule has 2 N–H and O–H groups in total. The third-order valence-electron chi connectivity index (χ3n) is 2.21. The van der Waals surface area contributed by atoms with Crippen LogP contribution in [0, 0.1) is 0 Å². The summed E-state index contributed by atoms with van der Waals surface area (Å²) in [6.07, 6.45) is 5.38. The Labute approximate surface area is 85.3 Å². The van der Waals surface area contributed by atoms with E-state index < -0.39 is 0 Å². The summed E-state index contributed by atoms with van der Waals surface area (Å²) in [5.74, 6) is 0.0359. The molecule has 4 heteroatoms. The molecule has 0 aliphatic carbocycles. The normalized spacial score (nSPS) is 17.7. The summed E-state index contributed by atoms with van der Waals surface area (Å²) in [5.41, 5.74) is 2.88. The van der Waals surface area contributed by atoms with Gasteiger partial charge in [0.2, 0.25) is 5.91 Å². The lowest BCUT2D eigenvalue weighted by atomic mass is 10.2. The molecule has 1 saturated heterocycles. The number of amides is 1. The van der Waals surface area contributed by atoms with Gasteiger partial charge in [0.25, 0.3) is 0 Å². The number of rotatable bonds is 5. The fourth-order valence-corrected chi connectivity index (χ4v) is 1.51. The Bertz CT molecular complexity index is 188. The van der Waals surface area contributed by atoms with E-state index in [2.05, 4.69) is 17.3 Å². The molecule has 0 atom stereocenters. The second kappa shape index (κ2) is 6.56. The molecule has 1 fully saturated rings. The monoisotopic (exact) mass is 197 g/mol. The van der Waals surface area contributed by atoms with Gasteiger partial charge in [-0.15, -0.1) is 6.58 Å². The van der Waals surface area contributed by atoms with E-state index in [1.807, 2.05) is 5.01 Å². The van der Waals surface area contributed by atoms with Crippen LogP contribution >= 0.6 is 0 Å². The quantitative estimate of drug-likeness (QED) is 0.491. The number of piperidine rings is 1. The van der Waals surface area contributed by atoms with Crippen LogP contribution in [0.3, 0.4) is 0 Å².